The molecule has 252 valence electrons. The Bertz CT molecular complexity index is 1760. The van der Waals surface area contributed by atoms with Crippen LogP contribution in [0.1, 0.15) is 45.1 Å². The van der Waals surface area contributed by atoms with Gasteiger partial charge < -0.3 is 30.3 Å². The number of hydrogen-bond donors (Lipinski definition) is 4. The number of fused-ring (bicyclic) bond motifs is 3. The Hall–Kier alpha value is -3.07. The minimum atomic E-state index is -4.02. The molecule has 0 spiro atoms. The van der Waals surface area contributed by atoms with E-state index in [-0.39, 0.29) is 47.6 Å². The third-order valence-corrected chi connectivity index (χ3v) is 12.9. The van der Waals surface area contributed by atoms with Crippen LogP contribution < -0.4 is 10.6 Å². The molecule has 3 aliphatic carbocycles. The Morgan fingerprint density at radius 3 is 2.70 bits per heavy atom. The average molecular weight is 683 g/mol. The van der Waals surface area contributed by atoms with E-state index in [9.17, 15) is 23.4 Å². The van der Waals surface area contributed by atoms with E-state index in [2.05, 4.69) is 28.6 Å². The fraction of sp³-hybridized carbons (Fsp3) is 0.529. The number of amides is 1. The molecule has 4 N–H and O–H groups in total. The highest BCUT2D eigenvalue weighted by Crippen LogP contribution is 2.47. The van der Waals surface area contributed by atoms with Crippen molar-refractivity contribution in [3.05, 3.63) is 65.9 Å². The van der Waals surface area contributed by atoms with E-state index < -0.39 is 40.7 Å². The highest BCUT2D eigenvalue weighted by atomic mass is 32.2. The summed E-state index contributed by atoms with van der Waals surface area (Å²) in [4.78, 5) is 18.1. The van der Waals surface area contributed by atoms with E-state index in [1.165, 1.54) is 15.6 Å². The molecule has 0 radical (unpaired) electrons. The third kappa shape index (κ3) is 7.20. The number of allylic oxidation sites excluding steroid dienone is 2. The van der Waals surface area contributed by atoms with Crippen molar-refractivity contribution in [2.45, 2.75) is 75.4 Å². The number of nitrogens with one attached hydrogen (secondary N) is 2. The zero-order valence-corrected chi connectivity index (χ0v) is 28.2. The largest absolute Gasteiger partial charge is 0.446 e. The number of alkyl carbamates (subject to hydrolysis) is 1. The van der Waals surface area contributed by atoms with Crippen molar-refractivity contribution >= 4 is 42.8 Å². The van der Waals surface area contributed by atoms with Crippen LogP contribution in [0.5, 0.6) is 0 Å². The SMILES string of the molecule is CC1C2CC(COC2O)C1OC(=O)N[C@@H](Cc1ccccc1)[C@H](O)CN(CC1(C)CC1)S(=O)(=O)c1ccc2nc(NC3=CC3)sc2c1. The summed E-state index contributed by atoms with van der Waals surface area (Å²) in [6.07, 6.45) is 2.51. The van der Waals surface area contributed by atoms with Crippen molar-refractivity contribution in [3.8, 4) is 0 Å². The molecule has 47 heavy (non-hydrogen) atoms. The molecule has 3 aromatic rings. The fourth-order valence-corrected chi connectivity index (χ4v) is 9.51. The van der Waals surface area contributed by atoms with Crippen LogP contribution in [0.4, 0.5) is 9.93 Å². The number of ether oxygens (including phenoxy) is 2. The second-order valence-corrected chi connectivity index (χ2v) is 16.9. The molecule has 1 aliphatic heterocycles. The average Bonchev–Trinajstić information content (AvgIpc) is 3.95. The van der Waals surface area contributed by atoms with Crippen molar-refractivity contribution in [1.29, 1.82) is 0 Å². The van der Waals surface area contributed by atoms with E-state index in [1.807, 2.05) is 37.3 Å². The van der Waals surface area contributed by atoms with Gasteiger partial charge in [-0.2, -0.15) is 4.31 Å². The number of carbonyl (C=O) groups excluding carboxylic acids is 1. The van der Waals surface area contributed by atoms with Crippen LogP contribution >= 0.6 is 11.3 Å². The fourth-order valence-electron chi connectivity index (χ4n) is 6.86. The summed E-state index contributed by atoms with van der Waals surface area (Å²) < 4.78 is 42.0. The number of sulfonamides is 1. The van der Waals surface area contributed by atoms with Gasteiger partial charge >= 0.3 is 6.09 Å². The molecule has 1 saturated heterocycles. The zero-order chi connectivity index (χ0) is 32.9. The molecule has 2 bridgehead atoms. The van der Waals surface area contributed by atoms with Gasteiger partial charge in [-0.25, -0.2) is 18.2 Å². The molecule has 13 heteroatoms. The monoisotopic (exact) mass is 682 g/mol. The molecule has 7 rings (SSSR count). The molecule has 3 fully saturated rings. The van der Waals surface area contributed by atoms with E-state index in [4.69, 9.17) is 9.47 Å². The highest BCUT2D eigenvalue weighted by Gasteiger charge is 2.50. The molecule has 2 saturated carbocycles. The lowest BCUT2D eigenvalue weighted by Crippen LogP contribution is -2.52. The summed E-state index contributed by atoms with van der Waals surface area (Å²) in [6, 6.07) is 13.6. The van der Waals surface area contributed by atoms with Crippen LogP contribution in [-0.2, 0) is 25.9 Å². The van der Waals surface area contributed by atoms with Crippen LogP contribution in [0.25, 0.3) is 10.2 Å². The summed E-state index contributed by atoms with van der Waals surface area (Å²) in [5, 5.41) is 28.8. The van der Waals surface area contributed by atoms with E-state index in [0.29, 0.717) is 18.5 Å². The second-order valence-electron chi connectivity index (χ2n) is 13.9. The van der Waals surface area contributed by atoms with Crippen LogP contribution in [0, 0.1) is 23.2 Å². The first-order valence-corrected chi connectivity index (χ1v) is 18.6. The number of benzene rings is 2. The second kappa shape index (κ2) is 12.8. The number of hydrogen-bond acceptors (Lipinski definition) is 10. The number of aliphatic hydroxyl groups excluding tert-OH is 2. The molecule has 2 heterocycles. The third-order valence-electron chi connectivity index (χ3n) is 10.1. The minimum absolute atomic E-state index is 0.0184. The van der Waals surface area contributed by atoms with Gasteiger partial charge in [0.05, 0.1) is 33.9 Å². The lowest BCUT2D eigenvalue weighted by Gasteiger charge is -2.31. The van der Waals surface area contributed by atoms with Crippen LogP contribution in [0.2, 0.25) is 0 Å². The van der Waals surface area contributed by atoms with E-state index in [0.717, 1.165) is 40.4 Å². The standard InChI is InChI=1S/C34H42N4O7S2/c1-20-25-15-22(18-44-31(25)40)30(20)45-33(41)37-27(14-21-6-4-3-5-7-21)28(39)17-38(19-34(2)12-13-34)47(42,43)24-10-11-26-29(16-24)46-32(36-26)35-23-8-9-23/h3-8,10-11,16,20,22,25,27-28,30-31,39-40H,9,12-15,17-19H2,1-2H3,(H,35,36)(H,37,41)/t20?,22?,25?,27-,28+,30?,31?/m0/s1. The summed E-state index contributed by atoms with van der Waals surface area (Å²) >= 11 is 1.40. The summed E-state index contributed by atoms with van der Waals surface area (Å²) in [5.74, 6) is -0.216. The zero-order valence-electron chi connectivity index (χ0n) is 26.5. The van der Waals surface area contributed by atoms with Crippen molar-refractivity contribution in [2.24, 2.45) is 23.2 Å². The molecule has 1 aromatic heterocycles. The van der Waals surface area contributed by atoms with Crippen molar-refractivity contribution in [1.82, 2.24) is 14.6 Å². The van der Waals surface area contributed by atoms with Gasteiger partial charge in [0.25, 0.3) is 0 Å². The molecular weight excluding hydrogens is 641 g/mol. The molecule has 4 aliphatic rings. The van der Waals surface area contributed by atoms with E-state index in [1.54, 1.807) is 18.2 Å². The van der Waals surface area contributed by atoms with Crippen LogP contribution in [0.3, 0.4) is 0 Å². The molecule has 7 atom stereocenters. The number of carbonyl (C=O) groups is 1. The first-order chi connectivity index (χ1) is 22.5. The number of aromatic nitrogens is 1. The van der Waals surface area contributed by atoms with Gasteiger partial charge in [-0.3, -0.25) is 0 Å². The quantitative estimate of drug-likeness (QED) is 0.205. The van der Waals surface area contributed by atoms with Crippen LogP contribution in [0.15, 0.2) is 65.2 Å². The first-order valence-electron chi connectivity index (χ1n) is 16.3. The summed E-state index contributed by atoms with van der Waals surface area (Å²) in [6.45, 7) is 4.35. The lowest BCUT2D eigenvalue weighted by atomic mass is 9.96. The van der Waals surface area contributed by atoms with Gasteiger partial charge in [0.1, 0.15) is 6.10 Å². The minimum Gasteiger partial charge on any atom is -0.446 e. The predicted molar refractivity (Wildman–Crippen MR) is 178 cm³/mol. The van der Waals surface area contributed by atoms with Gasteiger partial charge in [0.15, 0.2) is 11.4 Å². The topological polar surface area (TPSA) is 150 Å². The maximum Gasteiger partial charge on any atom is 0.407 e. The normalized spacial score (nSPS) is 27.3. The van der Waals surface area contributed by atoms with Gasteiger partial charge in [-0.1, -0.05) is 61.6 Å². The summed E-state index contributed by atoms with van der Waals surface area (Å²) in [7, 11) is -4.02. The van der Waals surface area contributed by atoms with Crippen molar-refractivity contribution < 1.29 is 32.9 Å². The predicted octanol–water partition coefficient (Wildman–Crippen LogP) is 4.47. The van der Waals surface area contributed by atoms with E-state index >= 15 is 0 Å². The van der Waals surface area contributed by atoms with Gasteiger partial charge in [-0.15, -0.1) is 0 Å². The Balaban J connectivity index is 1.11. The maximum atomic E-state index is 14.2. The van der Waals surface area contributed by atoms with Gasteiger partial charge in [0, 0.05) is 43.0 Å². The molecular formula is C34H42N4O7S2. The Kier molecular flexibility index (Phi) is 8.81. The maximum absolute atomic E-state index is 14.2. The Morgan fingerprint density at radius 2 is 2.00 bits per heavy atom. The van der Waals surface area contributed by atoms with Gasteiger partial charge in [-0.05, 0) is 54.9 Å². The number of rotatable bonds is 13. The Morgan fingerprint density at radius 1 is 1.23 bits per heavy atom. The molecule has 5 unspecified atom stereocenters. The van der Waals surface area contributed by atoms with Crippen molar-refractivity contribution in [3.63, 3.8) is 0 Å². The smallest absolute Gasteiger partial charge is 0.407 e. The number of anilines is 1. The van der Waals surface area contributed by atoms with Gasteiger partial charge in [0.2, 0.25) is 10.0 Å². The Labute approximate surface area is 279 Å². The number of aliphatic hydroxyl groups is 2. The molecule has 1 amide bonds. The summed E-state index contributed by atoms with van der Waals surface area (Å²) in [5.41, 5.74) is 2.51. The lowest BCUT2D eigenvalue weighted by molar-refractivity contribution is -0.163. The van der Waals surface area contributed by atoms with Crippen molar-refractivity contribution in [2.75, 3.05) is 25.0 Å². The number of thiazole rings is 1. The van der Waals surface area contributed by atoms with Crippen LogP contribution in [-0.4, -0.2) is 78.2 Å². The molecule has 2 aromatic carbocycles. The first kappa shape index (κ1) is 32.5. The molecule has 11 nitrogen and oxygen atoms in total. The number of nitrogens with zero attached hydrogens (tertiary/aromatic N) is 2. The highest BCUT2D eigenvalue weighted by molar-refractivity contribution is 7.89.